The smallest absolute Gasteiger partial charge is 0.261 e. The lowest BCUT2D eigenvalue weighted by Gasteiger charge is -2.21. The van der Waals surface area contributed by atoms with Crippen LogP contribution in [0.2, 0.25) is 0 Å². The minimum absolute atomic E-state index is 0.0554. The van der Waals surface area contributed by atoms with E-state index in [-0.39, 0.29) is 33.5 Å². The van der Waals surface area contributed by atoms with Crippen molar-refractivity contribution in [2.75, 3.05) is 4.72 Å². The van der Waals surface area contributed by atoms with Crippen molar-refractivity contribution >= 4 is 21.6 Å². The van der Waals surface area contributed by atoms with Crippen molar-refractivity contribution in [1.29, 1.82) is 0 Å². The monoisotopic (exact) mass is 436 g/mol. The van der Waals surface area contributed by atoms with Gasteiger partial charge < -0.3 is 5.32 Å². The van der Waals surface area contributed by atoms with Crippen molar-refractivity contribution in [1.82, 2.24) is 5.32 Å². The summed E-state index contributed by atoms with van der Waals surface area (Å²) in [6, 6.07) is 22.6. The van der Waals surface area contributed by atoms with Crippen molar-refractivity contribution in [3.8, 4) is 0 Å². The van der Waals surface area contributed by atoms with Gasteiger partial charge >= 0.3 is 0 Å². The fourth-order valence-corrected chi connectivity index (χ4v) is 4.30. The summed E-state index contributed by atoms with van der Waals surface area (Å²) in [6.07, 6.45) is 0. The Labute approximate surface area is 184 Å². The van der Waals surface area contributed by atoms with E-state index in [9.17, 15) is 13.2 Å². The third-order valence-electron chi connectivity index (χ3n) is 5.09. The Balaban J connectivity index is 1.78. The van der Waals surface area contributed by atoms with Crippen LogP contribution in [0, 0.1) is 0 Å². The average Bonchev–Trinajstić information content (AvgIpc) is 2.74. The summed E-state index contributed by atoms with van der Waals surface area (Å²) in [5.41, 5.74) is 2.75. The molecular weight excluding hydrogens is 408 g/mol. The van der Waals surface area contributed by atoms with E-state index in [1.165, 1.54) is 17.7 Å². The average molecular weight is 437 g/mol. The van der Waals surface area contributed by atoms with E-state index in [0.29, 0.717) is 0 Å². The number of sulfonamides is 1. The minimum Gasteiger partial charge on any atom is -0.345 e. The number of rotatable bonds is 6. The number of hydrogen-bond acceptors (Lipinski definition) is 3. The molecule has 1 amide bonds. The summed E-state index contributed by atoms with van der Waals surface area (Å²) in [6.45, 7) is 8.36. The van der Waals surface area contributed by atoms with Crippen molar-refractivity contribution in [3.05, 3.63) is 95.6 Å². The highest BCUT2D eigenvalue weighted by Crippen LogP contribution is 2.25. The molecular formula is C25H28N2O3S. The molecule has 31 heavy (non-hydrogen) atoms. The summed E-state index contributed by atoms with van der Waals surface area (Å²) >= 11 is 0. The molecule has 0 saturated carbocycles. The first kappa shape index (κ1) is 22.6. The van der Waals surface area contributed by atoms with Gasteiger partial charge in [0.2, 0.25) is 0 Å². The van der Waals surface area contributed by atoms with Crippen LogP contribution in [0.25, 0.3) is 0 Å². The molecule has 0 saturated heterocycles. The van der Waals surface area contributed by atoms with Gasteiger partial charge in [-0.05, 0) is 47.7 Å². The molecule has 0 radical (unpaired) electrons. The standard InChI is InChI=1S/C25H28N2O3S/c1-18(19-14-16-20(17-15-19)25(2,3)4)26-24(28)22-12-8-9-13-23(22)27-31(29,30)21-10-6-5-7-11-21/h5-18,27H,1-4H3,(H,26,28)/t18-/m0/s1. The van der Waals surface area contributed by atoms with Crippen molar-refractivity contribution < 1.29 is 13.2 Å². The van der Waals surface area contributed by atoms with Gasteiger partial charge in [0.1, 0.15) is 0 Å². The molecule has 0 aliphatic rings. The van der Waals surface area contributed by atoms with E-state index < -0.39 is 10.0 Å². The Morgan fingerprint density at radius 2 is 1.42 bits per heavy atom. The number of hydrogen-bond donors (Lipinski definition) is 2. The summed E-state index contributed by atoms with van der Waals surface area (Å²) in [4.78, 5) is 13.1. The zero-order chi connectivity index (χ0) is 22.6. The van der Waals surface area contributed by atoms with Gasteiger partial charge in [-0.3, -0.25) is 9.52 Å². The van der Waals surface area contributed by atoms with Crippen LogP contribution >= 0.6 is 0 Å². The maximum Gasteiger partial charge on any atom is 0.261 e. The lowest BCUT2D eigenvalue weighted by molar-refractivity contribution is 0.0941. The molecule has 1 atom stereocenters. The van der Waals surface area contributed by atoms with Crippen LogP contribution in [0.15, 0.2) is 83.8 Å². The van der Waals surface area contributed by atoms with Gasteiger partial charge in [-0.15, -0.1) is 0 Å². The molecule has 0 bridgehead atoms. The third kappa shape index (κ3) is 5.52. The number of para-hydroxylation sites is 1. The van der Waals surface area contributed by atoms with E-state index in [4.69, 9.17) is 0 Å². The molecule has 0 aliphatic heterocycles. The summed E-state index contributed by atoms with van der Waals surface area (Å²) in [5.74, 6) is -0.348. The number of carbonyl (C=O) groups is 1. The molecule has 0 aromatic heterocycles. The fourth-order valence-electron chi connectivity index (χ4n) is 3.20. The molecule has 6 heteroatoms. The maximum absolute atomic E-state index is 13.0. The van der Waals surface area contributed by atoms with Gasteiger partial charge in [-0.1, -0.05) is 75.4 Å². The quantitative estimate of drug-likeness (QED) is 0.552. The molecule has 162 valence electrons. The Bertz CT molecular complexity index is 1150. The zero-order valence-electron chi connectivity index (χ0n) is 18.2. The number of benzene rings is 3. The molecule has 5 nitrogen and oxygen atoms in total. The Morgan fingerprint density at radius 1 is 0.839 bits per heavy atom. The zero-order valence-corrected chi connectivity index (χ0v) is 19.0. The van der Waals surface area contributed by atoms with Crippen molar-refractivity contribution in [2.45, 2.75) is 44.0 Å². The molecule has 3 aromatic carbocycles. The molecule has 0 aliphatic carbocycles. The molecule has 3 aromatic rings. The SMILES string of the molecule is C[C@H](NC(=O)c1ccccc1NS(=O)(=O)c1ccccc1)c1ccc(C(C)(C)C)cc1. The maximum atomic E-state index is 13.0. The normalized spacial score (nSPS) is 12.8. The third-order valence-corrected chi connectivity index (χ3v) is 6.48. The fraction of sp³-hybridized carbons (Fsp3) is 0.240. The number of nitrogens with one attached hydrogen (secondary N) is 2. The Morgan fingerprint density at radius 3 is 2.03 bits per heavy atom. The Kier molecular flexibility index (Phi) is 6.51. The first-order valence-corrected chi connectivity index (χ1v) is 11.6. The highest BCUT2D eigenvalue weighted by molar-refractivity contribution is 7.92. The largest absolute Gasteiger partial charge is 0.345 e. The van der Waals surface area contributed by atoms with Crippen LogP contribution in [0.3, 0.4) is 0 Å². The Hall–Kier alpha value is -3.12. The van der Waals surface area contributed by atoms with Gasteiger partial charge in [-0.2, -0.15) is 0 Å². The van der Waals surface area contributed by atoms with E-state index in [1.807, 2.05) is 19.1 Å². The van der Waals surface area contributed by atoms with Crippen molar-refractivity contribution in [2.24, 2.45) is 0 Å². The van der Waals surface area contributed by atoms with Crippen molar-refractivity contribution in [3.63, 3.8) is 0 Å². The first-order chi connectivity index (χ1) is 14.6. The highest BCUT2D eigenvalue weighted by atomic mass is 32.2. The number of anilines is 1. The second kappa shape index (κ2) is 8.94. The van der Waals surface area contributed by atoms with Crippen LogP contribution in [0.5, 0.6) is 0 Å². The van der Waals surface area contributed by atoms with Gasteiger partial charge in [0.05, 0.1) is 22.2 Å². The van der Waals surface area contributed by atoms with Gasteiger partial charge in [0.15, 0.2) is 0 Å². The van der Waals surface area contributed by atoms with E-state index in [1.54, 1.807) is 42.5 Å². The number of amides is 1. The lowest BCUT2D eigenvalue weighted by Crippen LogP contribution is -2.28. The van der Waals surface area contributed by atoms with E-state index in [0.717, 1.165) is 5.56 Å². The predicted octanol–water partition coefficient (Wildman–Crippen LogP) is 5.28. The second-order valence-corrected chi connectivity index (χ2v) is 10.2. The van der Waals surface area contributed by atoms with E-state index >= 15 is 0 Å². The topological polar surface area (TPSA) is 75.3 Å². The van der Waals surface area contributed by atoms with Gasteiger partial charge in [0, 0.05) is 0 Å². The van der Waals surface area contributed by atoms with Gasteiger partial charge in [0.25, 0.3) is 15.9 Å². The van der Waals surface area contributed by atoms with Crippen LogP contribution < -0.4 is 10.0 Å². The molecule has 0 heterocycles. The minimum atomic E-state index is -3.80. The van der Waals surface area contributed by atoms with Crippen LogP contribution in [-0.4, -0.2) is 14.3 Å². The summed E-state index contributed by atoms with van der Waals surface area (Å²) in [7, 11) is -3.80. The molecule has 0 spiro atoms. The summed E-state index contributed by atoms with van der Waals surface area (Å²) in [5, 5.41) is 2.96. The number of carbonyl (C=O) groups excluding carboxylic acids is 1. The van der Waals surface area contributed by atoms with Gasteiger partial charge in [-0.25, -0.2) is 8.42 Å². The molecule has 0 fully saturated rings. The second-order valence-electron chi connectivity index (χ2n) is 8.53. The van der Waals surface area contributed by atoms with Crippen LogP contribution in [-0.2, 0) is 15.4 Å². The lowest BCUT2D eigenvalue weighted by atomic mass is 9.86. The van der Waals surface area contributed by atoms with Crippen LogP contribution in [0.4, 0.5) is 5.69 Å². The van der Waals surface area contributed by atoms with Crippen LogP contribution in [0.1, 0.15) is 55.2 Å². The molecule has 2 N–H and O–H groups in total. The first-order valence-electron chi connectivity index (χ1n) is 10.2. The molecule has 0 unspecified atom stereocenters. The van der Waals surface area contributed by atoms with E-state index in [2.05, 4.69) is 42.9 Å². The molecule has 3 rings (SSSR count). The summed E-state index contributed by atoms with van der Waals surface area (Å²) < 4.78 is 27.9. The highest BCUT2D eigenvalue weighted by Gasteiger charge is 2.20. The predicted molar refractivity (Wildman–Crippen MR) is 125 cm³/mol.